The Morgan fingerprint density at radius 2 is 1.80 bits per heavy atom. The van der Waals surface area contributed by atoms with Crippen LogP contribution in [0.1, 0.15) is 38.3 Å². The molecule has 0 saturated carbocycles. The van der Waals surface area contributed by atoms with E-state index < -0.39 is 6.10 Å². The Kier molecular flexibility index (Phi) is 6.45. The van der Waals surface area contributed by atoms with Gasteiger partial charge in [0, 0.05) is 11.8 Å². The first kappa shape index (κ1) is 18.8. The van der Waals surface area contributed by atoms with Gasteiger partial charge in [-0.15, -0.1) is 0 Å². The van der Waals surface area contributed by atoms with Crippen molar-refractivity contribution in [3.05, 3.63) is 53.6 Å². The van der Waals surface area contributed by atoms with E-state index in [0.29, 0.717) is 12.1 Å². The number of ether oxygens (including phenoxy) is 2. The van der Waals surface area contributed by atoms with Crippen LogP contribution in [0.15, 0.2) is 42.5 Å². The van der Waals surface area contributed by atoms with Crippen LogP contribution in [-0.2, 0) is 4.79 Å². The third kappa shape index (κ3) is 5.24. The molecule has 0 aliphatic heterocycles. The molecule has 4 nitrogen and oxygen atoms in total. The van der Waals surface area contributed by atoms with Crippen molar-refractivity contribution in [1.29, 1.82) is 0 Å². The number of rotatable bonds is 7. The summed E-state index contributed by atoms with van der Waals surface area (Å²) in [6, 6.07) is 13.3. The Morgan fingerprint density at radius 1 is 1.08 bits per heavy atom. The van der Waals surface area contributed by atoms with E-state index >= 15 is 0 Å². The van der Waals surface area contributed by atoms with Gasteiger partial charge in [-0.1, -0.05) is 25.1 Å². The van der Waals surface area contributed by atoms with E-state index in [2.05, 4.69) is 5.32 Å². The molecular weight excluding hydrogens is 314 g/mol. The van der Waals surface area contributed by atoms with Crippen LogP contribution in [-0.4, -0.2) is 18.1 Å². The first-order valence-corrected chi connectivity index (χ1v) is 8.71. The Bertz CT molecular complexity index is 725. The summed E-state index contributed by atoms with van der Waals surface area (Å²) in [4.78, 5) is 12.6. The molecule has 2 aromatic carbocycles. The maximum atomic E-state index is 12.6. The fourth-order valence-corrected chi connectivity index (χ4v) is 2.47. The molecular formula is C21H27NO3. The normalized spacial score (nSPS) is 11.9. The number of carbonyl (C=O) groups excluding carboxylic acids is 1. The zero-order chi connectivity index (χ0) is 18.4. The fraction of sp³-hybridized carbons (Fsp3) is 0.381. The third-order valence-corrected chi connectivity index (χ3v) is 3.96. The van der Waals surface area contributed by atoms with Crippen molar-refractivity contribution < 1.29 is 14.3 Å². The minimum absolute atomic E-state index is 0.0852. The van der Waals surface area contributed by atoms with E-state index in [9.17, 15) is 4.79 Å². The quantitative estimate of drug-likeness (QED) is 0.780. The average molecular weight is 341 g/mol. The molecule has 0 aliphatic carbocycles. The van der Waals surface area contributed by atoms with Crippen LogP contribution in [0.2, 0.25) is 0 Å². The summed E-state index contributed by atoms with van der Waals surface area (Å²) in [5, 5.41) is 2.92. The summed E-state index contributed by atoms with van der Waals surface area (Å²) in [7, 11) is 0. The molecule has 0 heterocycles. The van der Waals surface area contributed by atoms with Crippen LogP contribution in [0, 0.1) is 13.8 Å². The van der Waals surface area contributed by atoms with Gasteiger partial charge in [0.05, 0.1) is 6.10 Å². The van der Waals surface area contributed by atoms with E-state index in [1.54, 1.807) is 0 Å². The van der Waals surface area contributed by atoms with Gasteiger partial charge in [-0.3, -0.25) is 4.79 Å². The molecule has 0 bridgehead atoms. The zero-order valence-electron chi connectivity index (χ0n) is 15.6. The largest absolute Gasteiger partial charge is 0.491 e. The molecule has 1 unspecified atom stereocenters. The van der Waals surface area contributed by atoms with Crippen LogP contribution < -0.4 is 14.8 Å². The van der Waals surface area contributed by atoms with Gasteiger partial charge in [-0.25, -0.2) is 0 Å². The third-order valence-electron chi connectivity index (χ3n) is 3.96. The van der Waals surface area contributed by atoms with Crippen molar-refractivity contribution >= 4 is 11.6 Å². The average Bonchev–Trinajstić information content (AvgIpc) is 2.55. The molecule has 2 rings (SSSR count). The number of carbonyl (C=O) groups is 1. The highest BCUT2D eigenvalue weighted by atomic mass is 16.5. The number of aryl methyl sites for hydroxylation is 1. The maximum Gasteiger partial charge on any atom is 0.265 e. The minimum Gasteiger partial charge on any atom is -0.491 e. The van der Waals surface area contributed by atoms with Gasteiger partial charge in [0.2, 0.25) is 0 Å². The molecule has 0 radical (unpaired) electrons. The summed E-state index contributed by atoms with van der Waals surface area (Å²) < 4.78 is 11.6. The Morgan fingerprint density at radius 3 is 2.48 bits per heavy atom. The summed E-state index contributed by atoms with van der Waals surface area (Å²) in [6.45, 7) is 9.91. The topological polar surface area (TPSA) is 47.6 Å². The SMILES string of the molecule is CCC(Oc1cccc(C)c1C)C(=O)Nc1cccc(OC(C)C)c1. The first-order chi connectivity index (χ1) is 11.9. The molecule has 1 N–H and O–H groups in total. The summed E-state index contributed by atoms with van der Waals surface area (Å²) in [5.74, 6) is 1.32. The molecule has 0 aromatic heterocycles. The van der Waals surface area contributed by atoms with Crippen molar-refractivity contribution in [1.82, 2.24) is 0 Å². The lowest BCUT2D eigenvalue weighted by Gasteiger charge is -2.19. The second kappa shape index (κ2) is 8.56. The molecule has 1 atom stereocenters. The van der Waals surface area contributed by atoms with Crippen LogP contribution in [0.4, 0.5) is 5.69 Å². The minimum atomic E-state index is -0.546. The molecule has 2 aromatic rings. The van der Waals surface area contributed by atoms with E-state index in [1.807, 2.05) is 77.1 Å². The molecule has 0 saturated heterocycles. The number of amides is 1. The number of benzene rings is 2. The Labute approximate surface area is 150 Å². The molecule has 134 valence electrons. The van der Waals surface area contributed by atoms with E-state index in [0.717, 1.165) is 22.6 Å². The molecule has 1 amide bonds. The second-order valence-electron chi connectivity index (χ2n) is 6.40. The molecule has 4 heteroatoms. The first-order valence-electron chi connectivity index (χ1n) is 8.71. The summed E-state index contributed by atoms with van der Waals surface area (Å²) in [5.41, 5.74) is 2.90. The second-order valence-corrected chi connectivity index (χ2v) is 6.40. The van der Waals surface area contributed by atoms with Gasteiger partial charge < -0.3 is 14.8 Å². The summed E-state index contributed by atoms with van der Waals surface area (Å²) >= 11 is 0. The molecule has 25 heavy (non-hydrogen) atoms. The number of hydrogen-bond donors (Lipinski definition) is 1. The number of hydrogen-bond acceptors (Lipinski definition) is 3. The van der Waals surface area contributed by atoms with E-state index in [1.165, 1.54) is 0 Å². The summed E-state index contributed by atoms with van der Waals surface area (Å²) in [6.07, 6.45) is 0.124. The van der Waals surface area contributed by atoms with Gasteiger partial charge in [0.25, 0.3) is 5.91 Å². The molecule has 0 fully saturated rings. The smallest absolute Gasteiger partial charge is 0.265 e. The highest BCUT2D eigenvalue weighted by molar-refractivity contribution is 5.94. The van der Waals surface area contributed by atoms with Gasteiger partial charge in [0.15, 0.2) is 6.10 Å². The fourth-order valence-electron chi connectivity index (χ4n) is 2.47. The molecule has 0 aliphatic rings. The van der Waals surface area contributed by atoms with Crippen LogP contribution in [0.3, 0.4) is 0 Å². The Hall–Kier alpha value is -2.49. The van der Waals surface area contributed by atoms with Crippen molar-refractivity contribution in [2.24, 2.45) is 0 Å². The van der Waals surface area contributed by atoms with Crippen LogP contribution in [0.25, 0.3) is 0 Å². The predicted octanol–water partition coefficient (Wildman–Crippen LogP) is 4.89. The van der Waals surface area contributed by atoms with E-state index in [-0.39, 0.29) is 12.0 Å². The highest BCUT2D eigenvalue weighted by Gasteiger charge is 2.19. The Balaban J connectivity index is 2.08. The number of nitrogens with one attached hydrogen (secondary N) is 1. The van der Waals surface area contributed by atoms with Crippen molar-refractivity contribution in [3.63, 3.8) is 0 Å². The van der Waals surface area contributed by atoms with Gasteiger partial charge >= 0.3 is 0 Å². The van der Waals surface area contributed by atoms with Gasteiger partial charge in [-0.05, 0) is 63.4 Å². The predicted molar refractivity (Wildman–Crippen MR) is 101 cm³/mol. The van der Waals surface area contributed by atoms with Gasteiger partial charge in [0.1, 0.15) is 11.5 Å². The lowest BCUT2D eigenvalue weighted by atomic mass is 10.1. The monoisotopic (exact) mass is 341 g/mol. The van der Waals surface area contributed by atoms with Crippen LogP contribution >= 0.6 is 0 Å². The zero-order valence-corrected chi connectivity index (χ0v) is 15.6. The standard InChI is InChI=1S/C21H27NO3/c1-6-19(25-20-12-7-9-15(4)16(20)5)21(23)22-17-10-8-11-18(13-17)24-14(2)3/h7-14,19H,6H2,1-5H3,(H,22,23). The van der Waals surface area contributed by atoms with Crippen molar-refractivity contribution in [3.8, 4) is 11.5 Å². The molecule has 0 spiro atoms. The lowest BCUT2D eigenvalue weighted by Crippen LogP contribution is -2.32. The van der Waals surface area contributed by atoms with Crippen molar-refractivity contribution in [2.75, 3.05) is 5.32 Å². The van der Waals surface area contributed by atoms with Crippen LogP contribution in [0.5, 0.6) is 11.5 Å². The van der Waals surface area contributed by atoms with Crippen molar-refractivity contribution in [2.45, 2.75) is 53.2 Å². The lowest BCUT2D eigenvalue weighted by molar-refractivity contribution is -0.122. The number of anilines is 1. The van der Waals surface area contributed by atoms with E-state index in [4.69, 9.17) is 9.47 Å². The van der Waals surface area contributed by atoms with Gasteiger partial charge in [-0.2, -0.15) is 0 Å². The maximum absolute atomic E-state index is 12.6. The highest BCUT2D eigenvalue weighted by Crippen LogP contribution is 2.23.